The van der Waals surface area contributed by atoms with Gasteiger partial charge < -0.3 is 19.7 Å². The molecule has 0 saturated carbocycles. The van der Waals surface area contributed by atoms with Crippen molar-refractivity contribution in [1.82, 2.24) is 15.0 Å². The molecule has 2 aromatic carbocycles. The largest absolute Gasteiger partial charge is 0.478 e. The highest BCUT2D eigenvalue weighted by Gasteiger charge is 2.16. The van der Waals surface area contributed by atoms with E-state index in [1.807, 2.05) is 30.3 Å². The molecule has 10 heteroatoms. The van der Waals surface area contributed by atoms with Gasteiger partial charge in [0.25, 0.3) is 0 Å². The molecule has 1 aliphatic rings. The number of hydrazone groups is 1. The number of nitrogens with zero attached hydrogens (tertiary/aromatic N) is 5. The van der Waals surface area contributed by atoms with E-state index in [-0.39, 0.29) is 5.56 Å². The Bertz CT molecular complexity index is 1360. The Morgan fingerprint density at radius 2 is 1.75 bits per heavy atom. The molecular formula is C26H25N7O3. The van der Waals surface area contributed by atoms with Gasteiger partial charge in [0.1, 0.15) is 11.5 Å². The number of hydrogen-bond acceptors (Lipinski definition) is 9. The summed E-state index contributed by atoms with van der Waals surface area (Å²) >= 11 is 0. The quantitative estimate of drug-likeness (QED) is 0.234. The second-order valence-corrected chi connectivity index (χ2v) is 8.28. The summed E-state index contributed by atoms with van der Waals surface area (Å²) in [4.78, 5) is 27.0. The van der Waals surface area contributed by atoms with Crippen LogP contribution in [0.25, 0.3) is 11.3 Å². The Balaban J connectivity index is 1.33. The van der Waals surface area contributed by atoms with Crippen molar-refractivity contribution in [3.8, 4) is 11.3 Å². The Morgan fingerprint density at radius 3 is 2.56 bits per heavy atom. The molecule has 0 amide bonds. The van der Waals surface area contributed by atoms with Crippen LogP contribution in [0.4, 0.5) is 23.5 Å². The summed E-state index contributed by atoms with van der Waals surface area (Å²) in [6.07, 6.45) is 4.92. The number of rotatable bonds is 8. The Labute approximate surface area is 207 Å². The van der Waals surface area contributed by atoms with Crippen LogP contribution in [0.1, 0.15) is 35.4 Å². The maximum absolute atomic E-state index is 11.2. The molecule has 0 atom stereocenters. The lowest BCUT2D eigenvalue weighted by molar-refractivity contribution is 0.0697. The van der Waals surface area contributed by atoms with Gasteiger partial charge in [-0.25, -0.2) is 10.2 Å². The van der Waals surface area contributed by atoms with E-state index in [4.69, 9.17) is 4.42 Å². The standard InChI is InChI=1S/C26H25N7O3/c34-23(35)19-9-7-8-18(16-19)22-13-12-21(36-22)17-27-32-25-29-24(28-20-10-3-1-4-11-20)30-26(31-25)33-14-5-2-6-15-33/h1,3-4,7-13,16-17H,2,5-6,14-15H2,(H,34,35)(H2,28,29,30,31,32)/b27-17+. The molecule has 182 valence electrons. The fourth-order valence-electron chi connectivity index (χ4n) is 3.89. The summed E-state index contributed by atoms with van der Waals surface area (Å²) in [6.45, 7) is 1.80. The smallest absolute Gasteiger partial charge is 0.335 e. The molecule has 0 spiro atoms. The first-order chi connectivity index (χ1) is 17.6. The average Bonchev–Trinajstić information content (AvgIpc) is 3.39. The van der Waals surface area contributed by atoms with Gasteiger partial charge in [-0.2, -0.15) is 20.1 Å². The highest BCUT2D eigenvalue weighted by Crippen LogP contribution is 2.23. The van der Waals surface area contributed by atoms with Gasteiger partial charge in [0, 0.05) is 24.3 Å². The van der Waals surface area contributed by atoms with Gasteiger partial charge in [-0.3, -0.25) is 0 Å². The minimum absolute atomic E-state index is 0.194. The fraction of sp³-hybridized carbons (Fsp3) is 0.192. The molecule has 2 aromatic heterocycles. The third-order valence-electron chi connectivity index (χ3n) is 5.67. The van der Waals surface area contributed by atoms with Crippen molar-refractivity contribution in [3.05, 3.63) is 78.1 Å². The van der Waals surface area contributed by atoms with Gasteiger partial charge in [-0.15, -0.1) is 0 Å². The SMILES string of the molecule is O=C(O)c1cccc(-c2ccc(/C=N/Nc3nc(Nc4ccccc4)nc(N4CCCCC4)n3)o2)c1. The van der Waals surface area contributed by atoms with Gasteiger partial charge in [0.05, 0.1) is 11.8 Å². The number of piperidine rings is 1. The third-order valence-corrected chi connectivity index (χ3v) is 5.67. The predicted molar refractivity (Wildman–Crippen MR) is 138 cm³/mol. The number of anilines is 4. The van der Waals surface area contributed by atoms with E-state index in [0.29, 0.717) is 34.9 Å². The molecule has 0 bridgehead atoms. The zero-order chi connectivity index (χ0) is 24.7. The van der Waals surface area contributed by atoms with Gasteiger partial charge in [-0.1, -0.05) is 30.3 Å². The van der Waals surface area contributed by atoms with Gasteiger partial charge >= 0.3 is 5.97 Å². The van der Waals surface area contributed by atoms with Crippen LogP contribution in [0.3, 0.4) is 0 Å². The highest BCUT2D eigenvalue weighted by atomic mass is 16.4. The van der Waals surface area contributed by atoms with Crippen LogP contribution < -0.4 is 15.6 Å². The Kier molecular flexibility index (Phi) is 6.83. The summed E-state index contributed by atoms with van der Waals surface area (Å²) in [5.41, 5.74) is 4.61. The lowest BCUT2D eigenvalue weighted by atomic mass is 10.1. The van der Waals surface area contributed by atoms with Crippen LogP contribution in [0.2, 0.25) is 0 Å². The van der Waals surface area contributed by atoms with Crippen molar-refractivity contribution >= 4 is 35.7 Å². The van der Waals surface area contributed by atoms with Crippen LogP contribution >= 0.6 is 0 Å². The molecule has 0 unspecified atom stereocenters. The number of para-hydroxylation sites is 1. The average molecular weight is 484 g/mol. The number of aromatic nitrogens is 3. The lowest BCUT2D eigenvalue weighted by Crippen LogP contribution is -2.31. The number of carboxylic acids is 1. The van der Waals surface area contributed by atoms with Crippen LogP contribution in [-0.4, -0.2) is 45.3 Å². The van der Waals surface area contributed by atoms with Crippen molar-refractivity contribution in [2.75, 3.05) is 28.7 Å². The maximum atomic E-state index is 11.2. The molecule has 1 fully saturated rings. The summed E-state index contributed by atoms with van der Waals surface area (Å²) in [5, 5.41) is 16.7. The maximum Gasteiger partial charge on any atom is 0.335 e. The number of carbonyl (C=O) groups is 1. The molecule has 3 N–H and O–H groups in total. The number of furan rings is 1. The molecule has 4 aromatic rings. The predicted octanol–water partition coefficient (Wildman–Crippen LogP) is 5.01. The molecule has 5 rings (SSSR count). The molecule has 10 nitrogen and oxygen atoms in total. The van der Waals surface area contributed by atoms with Gasteiger partial charge in [0.15, 0.2) is 0 Å². The van der Waals surface area contributed by atoms with Crippen molar-refractivity contribution in [1.29, 1.82) is 0 Å². The normalized spacial score (nSPS) is 13.6. The Hall–Kier alpha value is -4.73. The monoisotopic (exact) mass is 483 g/mol. The van der Waals surface area contributed by atoms with Crippen LogP contribution in [-0.2, 0) is 0 Å². The summed E-state index contributed by atoms with van der Waals surface area (Å²) in [7, 11) is 0. The van der Waals surface area contributed by atoms with E-state index in [9.17, 15) is 9.90 Å². The first-order valence-electron chi connectivity index (χ1n) is 11.7. The van der Waals surface area contributed by atoms with E-state index < -0.39 is 5.97 Å². The summed E-state index contributed by atoms with van der Waals surface area (Å²) in [6, 6.07) is 19.8. The van der Waals surface area contributed by atoms with E-state index >= 15 is 0 Å². The van der Waals surface area contributed by atoms with Crippen molar-refractivity contribution in [2.45, 2.75) is 19.3 Å². The number of carboxylic acid groups (broad SMARTS) is 1. The van der Waals surface area contributed by atoms with Crippen molar-refractivity contribution < 1.29 is 14.3 Å². The number of benzene rings is 2. The minimum Gasteiger partial charge on any atom is -0.478 e. The van der Waals surface area contributed by atoms with Crippen LogP contribution in [0.5, 0.6) is 0 Å². The summed E-state index contributed by atoms with van der Waals surface area (Å²) < 4.78 is 5.81. The number of aromatic carboxylic acids is 1. The second kappa shape index (κ2) is 10.7. The van der Waals surface area contributed by atoms with E-state index in [1.54, 1.807) is 30.3 Å². The van der Waals surface area contributed by atoms with Crippen molar-refractivity contribution in [3.63, 3.8) is 0 Å². The first-order valence-corrected chi connectivity index (χ1v) is 11.7. The molecule has 0 radical (unpaired) electrons. The minimum atomic E-state index is -0.989. The molecule has 0 aliphatic carbocycles. The van der Waals surface area contributed by atoms with Crippen LogP contribution in [0, 0.1) is 0 Å². The molecule has 3 heterocycles. The lowest BCUT2D eigenvalue weighted by Gasteiger charge is -2.26. The summed E-state index contributed by atoms with van der Waals surface area (Å²) in [5.74, 6) is 1.37. The second-order valence-electron chi connectivity index (χ2n) is 8.28. The van der Waals surface area contributed by atoms with Crippen molar-refractivity contribution in [2.24, 2.45) is 5.10 Å². The van der Waals surface area contributed by atoms with Crippen LogP contribution in [0.15, 0.2) is 76.2 Å². The first kappa shape index (κ1) is 23.0. The Morgan fingerprint density at radius 1 is 0.944 bits per heavy atom. The highest BCUT2D eigenvalue weighted by molar-refractivity contribution is 5.89. The fourth-order valence-corrected chi connectivity index (χ4v) is 3.89. The third kappa shape index (κ3) is 5.66. The number of hydrogen-bond donors (Lipinski definition) is 3. The van der Waals surface area contributed by atoms with Gasteiger partial charge in [0.2, 0.25) is 17.8 Å². The molecule has 36 heavy (non-hydrogen) atoms. The topological polar surface area (TPSA) is 129 Å². The van der Waals surface area contributed by atoms with E-state index in [0.717, 1.165) is 31.6 Å². The van der Waals surface area contributed by atoms with E-state index in [2.05, 4.69) is 35.7 Å². The van der Waals surface area contributed by atoms with Gasteiger partial charge in [-0.05, 0) is 55.7 Å². The molecule has 1 saturated heterocycles. The number of nitrogens with one attached hydrogen (secondary N) is 2. The molecule has 1 aliphatic heterocycles. The molecular weight excluding hydrogens is 458 g/mol. The zero-order valence-corrected chi connectivity index (χ0v) is 19.5. The van der Waals surface area contributed by atoms with E-state index in [1.165, 1.54) is 18.7 Å². The zero-order valence-electron chi connectivity index (χ0n) is 19.5.